The van der Waals surface area contributed by atoms with E-state index < -0.39 is 0 Å². The van der Waals surface area contributed by atoms with Gasteiger partial charge in [-0.3, -0.25) is 19.0 Å². The Kier molecular flexibility index (Phi) is 5.71. The fraction of sp³-hybridized carbons (Fsp3) is 0.696. The molecule has 3 fully saturated rings. The quantitative estimate of drug-likeness (QED) is 0.725. The lowest BCUT2D eigenvalue weighted by atomic mass is 10.1. The number of carbonyl (C=O) groups excluding carboxylic acids is 1. The first kappa shape index (κ1) is 20.8. The Morgan fingerprint density at radius 2 is 1.84 bits per heavy atom. The van der Waals surface area contributed by atoms with Gasteiger partial charge in [0.1, 0.15) is 0 Å². The van der Waals surface area contributed by atoms with Gasteiger partial charge in [-0.25, -0.2) is 0 Å². The van der Waals surface area contributed by atoms with E-state index in [1.54, 1.807) is 0 Å². The molecule has 1 amide bonds. The summed E-state index contributed by atoms with van der Waals surface area (Å²) in [6.45, 7) is 12.3. The van der Waals surface area contributed by atoms with E-state index in [2.05, 4.69) is 50.2 Å². The van der Waals surface area contributed by atoms with E-state index in [1.807, 2.05) is 23.2 Å². The maximum atomic E-state index is 13.1. The van der Waals surface area contributed by atoms with Crippen molar-refractivity contribution in [1.82, 2.24) is 34.2 Å². The first-order chi connectivity index (χ1) is 15.0. The Hall–Kier alpha value is -2.03. The molecule has 2 aromatic heterocycles. The van der Waals surface area contributed by atoms with Crippen LogP contribution in [0.4, 0.5) is 0 Å². The number of nitrogens with zero attached hydrogens (tertiary/aromatic N) is 7. The minimum absolute atomic E-state index is 0.106. The second kappa shape index (κ2) is 8.48. The minimum Gasteiger partial charge on any atom is -0.336 e. The van der Waals surface area contributed by atoms with Crippen molar-refractivity contribution >= 4 is 11.6 Å². The number of carbonyl (C=O) groups is 1. The van der Waals surface area contributed by atoms with E-state index in [9.17, 15) is 4.79 Å². The van der Waals surface area contributed by atoms with E-state index in [1.165, 1.54) is 19.4 Å². The zero-order chi connectivity index (χ0) is 21.5. The predicted octanol–water partition coefficient (Wildman–Crippen LogP) is 1.59. The lowest BCUT2D eigenvalue weighted by molar-refractivity contribution is 0.0437. The normalized spacial score (nSPS) is 24.4. The first-order valence-electron chi connectivity index (χ1n) is 11.8. The zero-order valence-electron chi connectivity index (χ0n) is 19.1. The summed E-state index contributed by atoms with van der Waals surface area (Å²) in [5, 5.41) is 9.06. The molecule has 0 spiro atoms. The molecule has 1 aliphatic carbocycles. The Morgan fingerprint density at radius 3 is 2.55 bits per heavy atom. The van der Waals surface area contributed by atoms with Crippen LogP contribution in [-0.2, 0) is 0 Å². The number of likely N-dealkylation sites (N-methyl/N-ethyl adjacent to an activating group) is 1. The molecule has 0 bridgehead atoms. The summed E-state index contributed by atoms with van der Waals surface area (Å²) in [6, 6.07) is 4.46. The lowest BCUT2D eigenvalue weighted by Gasteiger charge is -2.42. The van der Waals surface area contributed by atoms with Crippen LogP contribution in [0.2, 0.25) is 0 Å². The Morgan fingerprint density at radius 1 is 1.06 bits per heavy atom. The minimum atomic E-state index is 0.106. The van der Waals surface area contributed by atoms with Gasteiger partial charge < -0.3 is 9.80 Å². The van der Waals surface area contributed by atoms with Gasteiger partial charge in [0.05, 0.1) is 11.6 Å². The van der Waals surface area contributed by atoms with Gasteiger partial charge in [0.15, 0.2) is 11.5 Å². The molecule has 168 valence electrons. The van der Waals surface area contributed by atoms with Crippen LogP contribution < -0.4 is 0 Å². The number of hydrogen-bond acceptors (Lipinski definition) is 6. The molecule has 8 nitrogen and oxygen atoms in total. The van der Waals surface area contributed by atoms with Crippen LogP contribution in [0.1, 0.15) is 48.9 Å². The number of rotatable bonds is 5. The third kappa shape index (κ3) is 4.33. The summed E-state index contributed by atoms with van der Waals surface area (Å²) >= 11 is 0. The molecule has 0 radical (unpaired) electrons. The SMILES string of the molecule is CC(C)N1CCN(CC2CC2)CC1c1nnc2ccc(C(=O)N3CCN(C)CC3)cn12. The number of amides is 1. The van der Waals surface area contributed by atoms with Crippen molar-refractivity contribution < 1.29 is 4.79 Å². The second-order valence-corrected chi connectivity index (χ2v) is 9.85. The number of hydrogen-bond donors (Lipinski definition) is 0. The molecule has 4 heterocycles. The van der Waals surface area contributed by atoms with E-state index in [0.29, 0.717) is 6.04 Å². The highest BCUT2D eigenvalue weighted by Gasteiger charge is 2.35. The Bertz CT molecular complexity index is 929. The Balaban J connectivity index is 1.42. The topological polar surface area (TPSA) is 60.2 Å². The van der Waals surface area contributed by atoms with Crippen LogP contribution >= 0.6 is 0 Å². The van der Waals surface area contributed by atoms with Gasteiger partial charge in [-0.1, -0.05) is 0 Å². The van der Waals surface area contributed by atoms with Crippen LogP contribution in [0.25, 0.3) is 5.65 Å². The van der Waals surface area contributed by atoms with Crippen LogP contribution in [0.15, 0.2) is 18.3 Å². The lowest BCUT2D eigenvalue weighted by Crippen LogP contribution is -2.51. The fourth-order valence-electron chi connectivity index (χ4n) is 4.99. The largest absolute Gasteiger partial charge is 0.336 e. The monoisotopic (exact) mass is 425 g/mol. The number of piperazine rings is 2. The van der Waals surface area contributed by atoms with Gasteiger partial charge in [-0.05, 0) is 51.8 Å². The van der Waals surface area contributed by atoms with E-state index in [0.717, 1.165) is 68.8 Å². The predicted molar refractivity (Wildman–Crippen MR) is 120 cm³/mol. The van der Waals surface area contributed by atoms with Crippen molar-refractivity contribution in [3.8, 4) is 0 Å². The highest BCUT2D eigenvalue weighted by Crippen LogP contribution is 2.33. The number of aromatic nitrogens is 3. The van der Waals surface area contributed by atoms with Crippen molar-refractivity contribution in [2.24, 2.45) is 5.92 Å². The summed E-state index contributed by atoms with van der Waals surface area (Å²) in [5.41, 5.74) is 1.53. The van der Waals surface area contributed by atoms with Crippen LogP contribution in [0.5, 0.6) is 0 Å². The molecular formula is C23H35N7O. The van der Waals surface area contributed by atoms with Gasteiger partial charge in [-0.2, -0.15) is 0 Å². The first-order valence-corrected chi connectivity index (χ1v) is 11.8. The molecule has 0 N–H and O–H groups in total. The molecule has 2 aromatic rings. The molecule has 3 aliphatic rings. The summed E-state index contributed by atoms with van der Waals surface area (Å²) in [4.78, 5) is 22.5. The molecule has 0 aromatic carbocycles. The molecule has 1 unspecified atom stereocenters. The van der Waals surface area contributed by atoms with Gasteiger partial charge in [0.2, 0.25) is 0 Å². The molecule has 1 saturated carbocycles. The Labute approximate surface area is 184 Å². The third-order valence-electron chi connectivity index (χ3n) is 7.15. The average Bonchev–Trinajstić information content (AvgIpc) is 3.48. The summed E-state index contributed by atoms with van der Waals surface area (Å²) in [6.07, 6.45) is 4.71. The summed E-state index contributed by atoms with van der Waals surface area (Å²) in [7, 11) is 2.11. The van der Waals surface area contributed by atoms with Gasteiger partial charge >= 0.3 is 0 Å². The molecule has 1 atom stereocenters. The molecule has 2 saturated heterocycles. The van der Waals surface area contributed by atoms with Crippen molar-refractivity contribution in [3.05, 3.63) is 29.7 Å². The molecule has 31 heavy (non-hydrogen) atoms. The molecular weight excluding hydrogens is 390 g/mol. The van der Waals surface area contributed by atoms with Crippen molar-refractivity contribution in [1.29, 1.82) is 0 Å². The number of fused-ring (bicyclic) bond motifs is 1. The molecule has 5 rings (SSSR count). The van der Waals surface area contributed by atoms with Crippen LogP contribution in [0, 0.1) is 5.92 Å². The average molecular weight is 426 g/mol. The highest BCUT2D eigenvalue weighted by atomic mass is 16.2. The highest BCUT2D eigenvalue weighted by molar-refractivity contribution is 5.94. The van der Waals surface area contributed by atoms with Crippen molar-refractivity contribution in [2.75, 3.05) is 59.4 Å². The third-order valence-corrected chi connectivity index (χ3v) is 7.15. The molecule has 2 aliphatic heterocycles. The van der Waals surface area contributed by atoms with Crippen molar-refractivity contribution in [2.45, 2.75) is 38.8 Å². The fourth-order valence-corrected chi connectivity index (χ4v) is 4.99. The smallest absolute Gasteiger partial charge is 0.255 e. The second-order valence-electron chi connectivity index (χ2n) is 9.85. The van der Waals surface area contributed by atoms with Gasteiger partial charge in [0, 0.05) is 64.6 Å². The standard InChI is InChI=1S/C23H35N7O/c1-17(2)29-13-10-27(14-18-4-5-18)16-20(29)22-25-24-21-7-6-19(15-30(21)22)23(31)28-11-8-26(3)9-12-28/h6-7,15,17-18,20H,4-5,8-14,16H2,1-3H3. The maximum Gasteiger partial charge on any atom is 0.255 e. The maximum absolute atomic E-state index is 13.1. The van der Waals surface area contributed by atoms with Gasteiger partial charge in [-0.15, -0.1) is 10.2 Å². The summed E-state index contributed by atoms with van der Waals surface area (Å²) < 4.78 is 2.06. The van der Waals surface area contributed by atoms with Gasteiger partial charge in [0.25, 0.3) is 5.91 Å². The van der Waals surface area contributed by atoms with E-state index in [4.69, 9.17) is 0 Å². The van der Waals surface area contributed by atoms with E-state index in [-0.39, 0.29) is 11.9 Å². The van der Waals surface area contributed by atoms with Crippen molar-refractivity contribution in [3.63, 3.8) is 0 Å². The number of pyridine rings is 1. The molecule has 8 heteroatoms. The van der Waals surface area contributed by atoms with Crippen LogP contribution in [0.3, 0.4) is 0 Å². The van der Waals surface area contributed by atoms with Crippen LogP contribution in [-0.4, -0.2) is 106 Å². The zero-order valence-corrected chi connectivity index (χ0v) is 19.1. The van der Waals surface area contributed by atoms with E-state index >= 15 is 0 Å². The summed E-state index contributed by atoms with van der Waals surface area (Å²) in [5.74, 6) is 1.95.